The van der Waals surface area contributed by atoms with E-state index in [9.17, 15) is 9.18 Å². The maximum atomic E-state index is 15.0. The Bertz CT molecular complexity index is 749. The average molecular weight is 375 g/mol. The van der Waals surface area contributed by atoms with Gasteiger partial charge in [-0.1, -0.05) is 32.9 Å². The summed E-state index contributed by atoms with van der Waals surface area (Å²) in [5.41, 5.74) is 0.623. The lowest BCUT2D eigenvalue weighted by Gasteiger charge is -2.53. The molecular weight excluding hydrogens is 345 g/mol. The van der Waals surface area contributed by atoms with Gasteiger partial charge in [-0.3, -0.25) is 4.79 Å². The smallest absolute Gasteiger partial charge is 0.219 e. The Balaban J connectivity index is 1.72. The van der Waals surface area contributed by atoms with Gasteiger partial charge >= 0.3 is 0 Å². The van der Waals surface area contributed by atoms with Gasteiger partial charge < -0.3 is 14.8 Å². The van der Waals surface area contributed by atoms with E-state index < -0.39 is 0 Å². The fourth-order valence-electron chi connectivity index (χ4n) is 6.26. The van der Waals surface area contributed by atoms with Crippen LogP contribution in [0.1, 0.15) is 58.1 Å². The summed E-state index contributed by atoms with van der Waals surface area (Å²) < 4.78 is 26.3. The summed E-state index contributed by atoms with van der Waals surface area (Å²) in [5, 5.41) is 3.34. The number of rotatable bonds is 4. The van der Waals surface area contributed by atoms with Crippen LogP contribution in [0.3, 0.4) is 0 Å². The van der Waals surface area contributed by atoms with Crippen LogP contribution in [0.15, 0.2) is 18.2 Å². The van der Waals surface area contributed by atoms with E-state index in [1.165, 1.54) is 7.11 Å². The highest BCUT2D eigenvalue weighted by Gasteiger charge is 2.68. The Morgan fingerprint density at radius 2 is 2.19 bits per heavy atom. The number of hydrogen-bond donors (Lipinski definition) is 1. The van der Waals surface area contributed by atoms with Crippen LogP contribution in [0.25, 0.3) is 0 Å². The molecule has 1 amide bonds. The number of carbonyl (C=O) groups is 1. The van der Waals surface area contributed by atoms with Crippen molar-refractivity contribution in [3.63, 3.8) is 0 Å². The molecule has 1 aliphatic heterocycles. The normalized spacial score (nSPS) is 36.3. The molecule has 1 N–H and O–H groups in total. The average Bonchev–Trinajstić information content (AvgIpc) is 3.14. The number of methoxy groups -OCH3 is 1. The van der Waals surface area contributed by atoms with E-state index in [1.807, 2.05) is 19.1 Å². The van der Waals surface area contributed by atoms with Gasteiger partial charge in [0.1, 0.15) is 0 Å². The molecule has 5 heteroatoms. The van der Waals surface area contributed by atoms with E-state index in [0.717, 1.165) is 19.3 Å². The minimum Gasteiger partial charge on any atom is -0.494 e. The molecule has 3 fully saturated rings. The predicted molar refractivity (Wildman–Crippen MR) is 101 cm³/mol. The zero-order chi connectivity index (χ0) is 19.4. The third-order valence-electron chi connectivity index (χ3n) is 7.65. The Morgan fingerprint density at radius 1 is 1.41 bits per heavy atom. The molecule has 1 heterocycles. The van der Waals surface area contributed by atoms with Crippen LogP contribution in [-0.4, -0.2) is 25.7 Å². The third kappa shape index (κ3) is 2.61. The molecule has 0 radical (unpaired) electrons. The molecule has 0 aromatic heterocycles. The van der Waals surface area contributed by atoms with E-state index in [1.54, 1.807) is 6.07 Å². The first kappa shape index (κ1) is 18.7. The molecule has 5 atom stereocenters. The van der Waals surface area contributed by atoms with Gasteiger partial charge in [0.15, 0.2) is 11.6 Å². The molecule has 1 saturated heterocycles. The van der Waals surface area contributed by atoms with E-state index in [2.05, 4.69) is 19.2 Å². The third-order valence-corrected chi connectivity index (χ3v) is 7.65. The highest BCUT2D eigenvalue weighted by atomic mass is 19.1. The second kappa shape index (κ2) is 6.47. The Kier molecular flexibility index (Phi) is 4.49. The molecule has 27 heavy (non-hydrogen) atoms. The van der Waals surface area contributed by atoms with Gasteiger partial charge in [0.2, 0.25) is 5.91 Å². The standard InChI is InChI=1S/C22H30FNO3/c1-5-17(25)24-20-21(2,3)13-11-15-19(27-10-9-22(15,20)12-13)14-7-6-8-16(26-4)18(14)23/h6-8,13,15,19-20H,5,9-12H2,1-4H3,(H,24,25)/t13-,15-,19-,20+,22-/m1/s1. The Morgan fingerprint density at radius 3 is 2.89 bits per heavy atom. The number of halogens is 1. The monoisotopic (exact) mass is 375 g/mol. The summed E-state index contributed by atoms with van der Waals surface area (Å²) >= 11 is 0. The van der Waals surface area contributed by atoms with Gasteiger partial charge in [-0.05, 0) is 48.0 Å². The molecule has 2 bridgehead atoms. The largest absolute Gasteiger partial charge is 0.494 e. The molecule has 2 aliphatic carbocycles. The minimum atomic E-state index is -0.321. The van der Waals surface area contributed by atoms with E-state index in [-0.39, 0.29) is 46.4 Å². The van der Waals surface area contributed by atoms with Gasteiger partial charge in [-0.15, -0.1) is 0 Å². The van der Waals surface area contributed by atoms with Crippen LogP contribution in [0, 0.1) is 28.5 Å². The molecule has 2 saturated carbocycles. The number of fused-ring (bicyclic) bond motifs is 1. The first-order chi connectivity index (χ1) is 12.8. The highest BCUT2D eigenvalue weighted by Crippen LogP contribution is 2.70. The van der Waals surface area contributed by atoms with E-state index in [4.69, 9.17) is 9.47 Å². The maximum absolute atomic E-state index is 15.0. The lowest BCUT2D eigenvalue weighted by atomic mass is 9.58. The van der Waals surface area contributed by atoms with Crippen molar-refractivity contribution in [2.75, 3.05) is 13.7 Å². The second-order valence-corrected chi connectivity index (χ2v) is 9.06. The molecule has 1 spiro atoms. The van der Waals surface area contributed by atoms with Crippen molar-refractivity contribution in [3.8, 4) is 5.75 Å². The molecule has 1 aromatic carbocycles. The van der Waals surface area contributed by atoms with Crippen molar-refractivity contribution in [2.24, 2.45) is 22.7 Å². The quantitative estimate of drug-likeness (QED) is 0.856. The number of ether oxygens (including phenoxy) is 2. The molecule has 1 aromatic rings. The zero-order valence-corrected chi connectivity index (χ0v) is 16.7. The SMILES string of the molecule is CCC(=O)N[C@H]1C(C)(C)[C@@H]2C[C@@H]3[C@@H](c4cccc(OC)c4F)OCC[C@@]31C2. The highest BCUT2D eigenvalue weighted by molar-refractivity contribution is 5.76. The maximum Gasteiger partial charge on any atom is 0.219 e. The first-order valence-electron chi connectivity index (χ1n) is 10.1. The number of hydrogen-bond acceptors (Lipinski definition) is 3. The fourth-order valence-corrected chi connectivity index (χ4v) is 6.26. The number of nitrogens with one attached hydrogen (secondary N) is 1. The van der Waals surface area contributed by atoms with Crippen molar-refractivity contribution >= 4 is 5.91 Å². The topological polar surface area (TPSA) is 47.6 Å². The molecule has 4 rings (SSSR count). The van der Waals surface area contributed by atoms with Crippen molar-refractivity contribution < 1.29 is 18.7 Å². The van der Waals surface area contributed by atoms with Gasteiger partial charge in [0.05, 0.1) is 13.2 Å². The molecule has 4 nitrogen and oxygen atoms in total. The Hall–Kier alpha value is -1.62. The number of benzene rings is 1. The van der Waals surface area contributed by atoms with Crippen LogP contribution >= 0.6 is 0 Å². The minimum absolute atomic E-state index is 0.0164. The lowest BCUT2D eigenvalue weighted by Crippen LogP contribution is -2.58. The van der Waals surface area contributed by atoms with Crippen LogP contribution < -0.4 is 10.1 Å². The second-order valence-electron chi connectivity index (χ2n) is 9.06. The lowest BCUT2D eigenvalue weighted by molar-refractivity contribution is -0.137. The summed E-state index contributed by atoms with van der Waals surface area (Å²) in [6.45, 7) is 7.04. The molecule has 3 aliphatic rings. The van der Waals surface area contributed by atoms with Gasteiger partial charge in [-0.25, -0.2) is 4.39 Å². The summed E-state index contributed by atoms with van der Waals surface area (Å²) in [4.78, 5) is 12.3. The molecule has 0 unspecified atom stereocenters. The van der Waals surface area contributed by atoms with Crippen molar-refractivity contribution in [3.05, 3.63) is 29.6 Å². The van der Waals surface area contributed by atoms with Crippen LogP contribution in [0.4, 0.5) is 4.39 Å². The predicted octanol–water partition coefficient (Wildman–Crippen LogP) is 4.24. The molecule has 148 valence electrons. The van der Waals surface area contributed by atoms with Gasteiger partial charge in [0.25, 0.3) is 0 Å². The van der Waals surface area contributed by atoms with Crippen LogP contribution in [0.2, 0.25) is 0 Å². The van der Waals surface area contributed by atoms with Crippen molar-refractivity contribution in [1.82, 2.24) is 5.32 Å². The van der Waals surface area contributed by atoms with Crippen LogP contribution in [0.5, 0.6) is 5.75 Å². The number of carbonyl (C=O) groups excluding carboxylic acids is 1. The molecular formula is C22H30FNO3. The first-order valence-corrected chi connectivity index (χ1v) is 10.1. The van der Waals surface area contributed by atoms with Gasteiger partial charge in [-0.2, -0.15) is 0 Å². The number of amides is 1. The zero-order valence-electron chi connectivity index (χ0n) is 16.7. The summed E-state index contributed by atoms with van der Waals surface area (Å²) in [6.07, 6.45) is 3.24. The Labute approximate surface area is 160 Å². The summed E-state index contributed by atoms with van der Waals surface area (Å²) in [5.74, 6) is 0.771. The summed E-state index contributed by atoms with van der Waals surface area (Å²) in [6, 6.07) is 5.40. The van der Waals surface area contributed by atoms with Crippen molar-refractivity contribution in [1.29, 1.82) is 0 Å². The fraction of sp³-hybridized carbons (Fsp3) is 0.682. The van der Waals surface area contributed by atoms with E-state index >= 15 is 0 Å². The van der Waals surface area contributed by atoms with E-state index in [0.29, 0.717) is 24.5 Å². The summed E-state index contributed by atoms with van der Waals surface area (Å²) in [7, 11) is 1.49. The van der Waals surface area contributed by atoms with Gasteiger partial charge in [0, 0.05) is 24.6 Å². The van der Waals surface area contributed by atoms with Crippen LogP contribution in [-0.2, 0) is 9.53 Å². The van der Waals surface area contributed by atoms with Crippen molar-refractivity contribution in [2.45, 2.75) is 58.6 Å².